The highest BCUT2D eigenvalue weighted by Gasteiger charge is 2.17. The molecule has 6 heteroatoms. The number of nitrogens with zero attached hydrogens (tertiary/aromatic N) is 4. The highest BCUT2D eigenvalue weighted by atomic mass is 15.3. The van der Waals surface area contributed by atoms with E-state index in [1.54, 1.807) is 0 Å². The van der Waals surface area contributed by atoms with Crippen molar-refractivity contribution < 1.29 is 0 Å². The van der Waals surface area contributed by atoms with Crippen LogP contribution in [0.3, 0.4) is 0 Å². The molecule has 0 saturated heterocycles. The van der Waals surface area contributed by atoms with Gasteiger partial charge in [-0.15, -0.1) is 0 Å². The molecule has 2 aromatic carbocycles. The lowest BCUT2D eigenvalue weighted by atomic mass is 9.99. The molecule has 146 valence electrons. The molecule has 0 saturated carbocycles. The topological polar surface area (TPSA) is 59.7 Å². The second kappa shape index (κ2) is 6.81. The molecule has 3 heterocycles. The average Bonchev–Trinajstić information content (AvgIpc) is 3.25. The standard InChI is InChI=1S/C23H24N6/c1-4-29-21-9-8-16(12-19(21)22(27-29)17-13-25-28(3)14-17)18-6-5-7-20-23(18)24-11-10-15(2)26-20/h5-9,12-14,24,26H,2,4,10-11H2,1,3H3. The molecule has 1 aliphatic rings. The Kier molecular flexibility index (Phi) is 4.12. The van der Waals surface area contributed by atoms with E-state index in [-0.39, 0.29) is 0 Å². The molecule has 5 rings (SSSR count). The van der Waals surface area contributed by atoms with Crippen molar-refractivity contribution in [2.75, 3.05) is 17.2 Å². The van der Waals surface area contributed by atoms with E-state index in [4.69, 9.17) is 5.10 Å². The molecule has 6 nitrogen and oxygen atoms in total. The average molecular weight is 384 g/mol. The third kappa shape index (κ3) is 2.97. The first-order valence-electron chi connectivity index (χ1n) is 9.95. The van der Waals surface area contributed by atoms with Crippen LogP contribution in [0.1, 0.15) is 13.3 Å². The maximum absolute atomic E-state index is 4.86. The molecular formula is C23H24N6. The molecule has 0 unspecified atom stereocenters. The number of para-hydroxylation sites is 1. The Balaban J connectivity index is 1.70. The molecular weight excluding hydrogens is 360 g/mol. The van der Waals surface area contributed by atoms with Gasteiger partial charge in [-0.3, -0.25) is 9.36 Å². The van der Waals surface area contributed by atoms with Crippen molar-refractivity contribution >= 4 is 22.3 Å². The minimum Gasteiger partial charge on any atom is -0.382 e. The van der Waals surface area contributed by atoms with Crippen molar-refractivity contribution in [1.82, 2.24) is 19.6 Å². The van der Waals surface area contributed by atoms with Gasteiger partial charge >= 0.3 is 0 Å². The van der Waals surface area contributed by atoms with Crippen LogP contribution in [0.2, 0.25) is 0 Å². The number of anilines is 2. The number of hydrogen-bond donors (Lipinski definition) is 2. The highest BCUT2D eigenvalue weighted by Crippen LogP contribution is 2.39. The Morgan fingerprint density at radius 1 is 1.17 bits per heavy atom. The second-order valence-electron chi connectivity index (χ2n) is 7.43. The summed E-state index contributed by atoms with van der Waals surface area (Å²) in [6.07, 6.45) is 4.79. The van der Waals surface area contributed by atoms with Crippen LogP contribution >= 0.6 is 0 Å². The zero-order valence-electron chi connectivity index (χ0n) is 16.7. The number of rotatable bonds is 3. The molecule has 4 aromatic rings. The fraction of sp³-hybridized carbons (Fsp3) is 0.217. The fourth-order valence-corrected chi connectivity index (χ4v) is 4.02. The van der Waals surface area contributed by atoms with E-state index in [1.165, 1.54) is 5.56 Å². The van der Waals surface area contributed by atoms with Gasteiger partial charge in [0.1, 0.15) is 5.69 Å². The molecule has 1 aliphatic heterocycles. The Labute approximate surface area is 169 Å². The van der Waals surface area contributed by atoms with E-state index in [9.17, 15) is 0 Å². The minimum atomic E-state index is 0.824. The lowest BCUT2D eigenvalue weighted by molar-refractivity contribution is 0.686. The molecule has 0 aliphatic carbocycles. The smallest absolute Gasteiger partial charge is 0.103 e. The van der Waals surface area contributed by atoms with Crippen molar-refractivity contribution in [1.29, 1.82) is 0 Å². The van der Waals surface area contributed by atoms with Gasteiger partial charge in [-0.05, 0) is 30.7 Å². The zero-order valence-corrected chi connectivity index (χ0v) is 16.7. The van der Waals surface area contributed by atoms with Crippen molar-refractivity contribution in [2.24, 2.45) is 7.05 Å². The first kappa shape index (κ1) is 17.6. The summed E-state index contributed by atoms with van der Waals surface area (Å²) in [7, 11) is 1.93. The van der Waals surface area contributed by atoms with Crippen molar-refractivity contribution in [3.8, 4) is 22.4 Å². The van der Waals surface area contributed by atoms with E-state index >= 15 is 0 Å². The number of benzene rings is 2. The summed E-state index contributed by atoms with van der Waals surface area (Å²) in [4.78, 5) is 0. The Morgan fingerprint density at radius 2 is 2.07 bits per heavy atom. The first-order chi connectivity index (χ1) is 14.1. The maximum atomic E-state index is 4.86. The van der Waals surface area contributed by atoms with Crippen LogP contribution < -0.4 is 10.6 Å². The number of nitrogens with one attached hydrogen (secondary N) is 2. The number of fused-ring (bicyclic) bond motifs is 2. The predicted octanol–water partition coefficient (Wildman–Crippen LogP) is 4.86. The van der Waals surface area contributed by atoms with Gasteiger partial charge in [0.25, 0.3) is 0 Å². The zero-order chi connectivity index (χ0) is 20.0. The van der Waals surface area contributed by atoms with Crippen LogP contribution in [0.25, 0.3) is 33.3 Å². The van der Waals surface area contributed by atoms with Gasteiger partial charge in [-0.2, -0.15) is 10.2 Å². The summed E-state index contributed by atoms with van der Waals surface area (Å²) in [5.74, 6) is 0. The third-order valence-corrected chi connectivity index (χ3v) is 5.44. The molecule has 0 fully saturated rings. The van der Waals surface area contributed by atoms with Gasteiger partial charge in [0, 0.05) is 55.0 Å². The van der Waals surface area contributed by atoms with E-state index in [0.29, 0.717) is 0 Å². The van der Waals surface area contributed by atoms with Gasteiger partial charge < -0.3 is 10.6 Å². The second-order valence-corrected chi connectivity index (χ2v) is 7.43. The highest BCUT2D eigenvalue weighted by molar-refractivity contribution is 5.98. The lowest BCUT2D eigenvalue weighted by Gasteiger charge is -2.14. The van der Waals surface area contributed by atoms with Crippen LogP contribution in [0.5, 0.6) is 0 Å². The molecule has 0 spiro atoms. The number of aryl methyl sites for hydroxylation is 2. The van der Waals surface area contributed by atoms with Crippen molar-refractivity contribution in [3.05, 3.63) is 61.1 Å². The van der Waals surface area contributed by atoms with Crippen LogP contribution in [0.15, 0.2) is 61.1 Å². The monoisotopic (exact) mass is 384 g/mol. The molecule has 0 radical (unpaired) electrons. The summed E-state index contributed by atoms with van der Waals surface area (Å²) >= 11 is 0. The van der Waals surface area contributed by atoms with Crippen LogP contribution in [0.4, 0.5) is 11.4 Å². The van der Waals surface area contributed by atoms with Crippen molar-refractivity contribution in [3.63, 3.8) is 0 Å². The largest absolute Gasteiger partial charge is 0.382 e. The molecule has 0 atom stereocenters. The molecule has 0 bridgehead atoms. The van der Waals surface area contributed by atoms with Crippen LogP contribution in [0, 0.1) is 0 Å². The summed E-state index contributed by atoms with van der Waals surface area (Å²) < 4.78 is 3.87. The molecule has 0 amide bonds. The lowest BCUT2D eigenvalue weighted by Crippen LogP contribution is -2.00. The number of aromatic nitrogens is 4. The number of hydrogen-bond acceptors (Lipinski definition) is 4. The van der Waals surface area contributed by atoms with Crippen LogP contribution in [-0.2, 0) is 13.6 Å². The fourth-order valence-electron chi connectivity index (χ4n) is 4.02. The molecule has 29 heavy (non-hydrogen) atoms. The molecule has 2 N–H and O–H groups in total. The van der Waals surface area contributed by atoms with Crippen LogP contribution in [-0.4, -0.2) is 26.1 Å². The predicted molar refractivity (Wildman–Crippen MR) is 119 cm³/mol. The van der Waals surface area contributed by atoms with E-state index in [1.807, 2.05) is 24.1 Å². The summed E-state index contributed by atoms with van der Waals surface area (Å²) in [6.45, 7) is 7.92. The Morgan fingerprint density at radius 3 is 2.86 bits per heavy atom. The maximum Gasteiger partial charge on any atom is 0.103 e. The summed E-state index contributed by atoms with van der Waals surface area (Å²) in [5, 5.41) is 17.4. The van der Waals surface area contributed by atoms with Gasteiger partial charge in [-0.25, -0.2) is 0 Å². The summed E-state index contributed by atoms with van der Waals surface area (Å²) in [6, 6.07) is 12.9. The van der Waals surface area contributed by atoms with E-state index in [0.717, 1.165) is 64.3 Å². The quantitative estimate of drug-likeness (QED) is 0.529. The summed E-state index contributed by atoms with van der Waals surface area (Å²) in [5.41, 5.74) is 8.70. The molecule has 2 aromatic heterocycles. The van der Waals surface area contributed by atoms with E-state index in [2.05, 4.69) is 70.3 Å². The van der Waals surface area contributed by atoms with E-state index < -0.39 is 0 Å². The van der Waals surface area contributed by atoms with Gasteiger partial charge in [0.2, 0.25) is 0 Å². The van der Waals surface area contributed by atoms with Gasteiger partial charge in [-0.1, -0.05) is 24.8 Å². The minimum absolute atomic E-state index is 0.824. The normalized spacial score (nSPS) is 13.7. The van der Waals surface area contributed by atoms with Crippen molar-refractivity contribution in [2.45, 2.75) is 19.9 Å². The van der Waals surface area contributed by atoms with Gasteiger partial charge in [0.05, 0.1) is 23.1 Å². The SMILES string of the molecule is C=C1CCNc2c(cccc2-c2ccc3c(c2)c(-c2cnn(C)c2)nn3CC)N1. The third-order valence-electron chi connectivity index (χ3n) is 5.44. The van der Waals surface area contributed by atoms with Gasteiger partial charge in [0.15, 0.2) is 0 Å². The Hall–Kier alpha value is -3.54. The Bertz CT molecular complexity index is 1230. The first-order valence-corrected chi connectivity index (χ1v) is 9.95.